The van der Waals surface area contributed by atoms with Gasteiger partial charge in [-0.3, -0.25) is 9.48 Å². The molecule has 0 unspecified atom stereocenters. The SMILES string of the molecule is CC(C)n1cc(NC(=O)Cc2csc(C(=O)O)c2)cn1. The summed E-state index contributed by atoms with van der Waals surface area (Å²) in [7, 11) is 0. The molecule has 0 saturated carbocycles. The van der Waals surface area contributed by atoms with Crippen LogP contribution < -0.4 is 5.32 Å². The van der Waals surface area contributed by atoms with Gasteiger partial charge in [0, 0.05) is 12.2 Å². The monoisotopic (exact) mass is 293 g/mol. The maximum Gasteiger partial charge on any atom is 0.345 e. The predicted octanol–water partition coefficient (Wildman–Crippen LogP) is 2.40. The molecule has 0 bridgehead atoms. The summed E-state index contributed by atoms with van der Waals surface area (Å²) in [6.45, 7) is 3.99. The number of hydrogen-bond acceptors (Lipinski definition) is 4. The summed E-state index contributed by atoms with van der Waals surface area (Å²) in [6.07, 6.45) is 3.50. The van der Waals surface area contributed by atoms with Gasteiger partial charge in [-0.1, -0.05) is 0 Å². The van der Waals surface area contributed by atoms with Gasteiger partial charge in [0.25, 0.3) is 0 Å². The third-order valence-corrected chi connectivity index (χ3v) is 3.61. The molecule has 2 aromatic heterocycles. The van der Waals surface area contributed by atoms with Crippen LogP contribution in [0.3, 0.4) is 0 Å². The molecule has 0 atom stereocenters. The van der Waals surface area contributed by atoms with E-state index < -0.39 is 5.97 Å². The number of carboxylic acids is 1. The third kappa shape index (κ3) is 3.45. The van der Waals surface area contributed by atoms with Crippen molar-refractivity contribution < 1.29 is 14.7 Å². The van der Waals surface area contributed by atoms with Gasteiger partial charge in [-0.25, -0.2) is 4.79 Å². The van der Waals surface area contributed by atoms with Crippen molar-refractivity contribution >= 4 is 28.9 Å². The zero-order valence-electron chi connectivity index (χ0n) is 11.2. The van der Waals surface area contributed by atoms with E-state index in [0.717, 1.165) is 11.3 Å². The molecule has 20 heavy (non-hydrogen) atoms. The lowest BCUT2D eigenvalue weighted by atomic mass is 10.2. The lowest BCUT2D eigenvalue weighted by Gasteiger charge is -2.03. The standard InChI is InChI=1S/C13H15N3O3S/c1-8(2)16-6-10(5-14-16)15-12(17)4-9-3-11(13(18)19)20-7-9/h3,5-8H,4H2,1-2H3,(H,15,17)(H,18,19). The molecule has 2 N–H and O–H groups in total. The fourth-order valence-electron chi connectivity index (χ4n) is 1.66. The second-order valence-electron chi connectivity index (χ2n) is 4.65. The molecular formula is C13H15N3O3S. The first kappa shape index (κ1) is 14.3. The average molecular weight is 293 g/mol. The van der Waals surface area contributed by atoms with E-state index in [0.29, 0.717) is 11.3 Å². The van der Waals surface area contributed by atoms with Crippen LogP contribution in [0.15, 0.2) is 23.8 Å². The second-order valence-corrected chi connectivity index (χ2v) is 5.56. The molecular weight excluding hydrogens is 278 g/mol. The number of carboxylic acid groups (broad SMARTS) is 1. The van der Waals surface area contributed by atoms with Crippen molar-refractivity contribution in [3.05, 3.63) is 34.3 Å². The van der Waals surface area contributed by atoms with Crippen LogP contribution in [-0.4, -0.2) is 26.8 Å². The van der Waals surface area contributed by atoms with Gasteiger partial charge in [-0.05, 0) is 30.9 Å². The van der Waals surface area contributed by atoms with Crippen molar-refractivity contribution in [2.24, 2.45) is 0 Å². The van der Waals surface area contributed by atoms with E-state index in [4.69, 9.17) is 5.11 Å². The minimum absolute atomic E-state index is 0.149. The van der Waals surface area contributed by atoms with Crippen LogP contribution in [0.4, 0.5) is 5.69 Å². The number of aromatic carboxylic acids is 1. The van der Waals surface area contributed by atoms with Crippen molar-refractivity contribution in [2.75, 3.05) is 5.32 Å². The molecule has 0 fully saturated rings. The van der Waals surface area contributed by atoms with E-state index in [1.54, 1.807) is 22.5 Å². The summed E-state index contributed by atoms with van der Waals surface area (Å²) in [5.41, 5.74) is 1.33. The van der Waals surface area contributed by atoms with Crippen molar-refractivity contribution in [1.29, 1.82) is 0 Å². The van der Waals surface area contributed by atoms with Crippen LogP contribution in [0.2, 0.25) is 0 Å². The van der Waals surface area contributed by atoms with Crippen molar-refractivity contribution in [3.8, 4) is 0 Å². The topological polar surface area (TPSA) is 84.2 Å². The summed E-state index contributed by atoms with van der Waals surface area (Å²) >= 11 is 1.12. The number of carbonyl (C=O) groups is 2. The maximum absolute atomic E-state index is 11.8. The van der Waals surface area contributed by atoms with E-state index in [1.807, 2.05) is 13.8 Å². The van der Waals surface area contributed by atoms with Gasteiger partial charge in [0.2, 0.25) is 5.91 Å². The molecule has 6 nitrogen and oxygen atoms in total. The van der Waals surface area contributed by atoms with E-state index in [2.05, 4.69) is 10.4 Å². The Kier molecular flexibility index (Phi) is 4.19. The molecule has 0 aliphatic heterocycles. The molecule has 2 heterocycles. The smallest absolute Gasteiger partial charge is 0.345 e. The van der Waals surface area contributed by atoms with Crippen LogP contribution >= 0.6 is 11.3 Å². The normalized spacial score (nSPS) is 10.8. The molecule has 106 valence electrons. The van der Waals surface area contributed by atoms with Crippen LogP contribution in [0.25, 0.3) is 0 Å². The molecule has 2 aromatic rings. The highest BCUT2D eigenvalue weighted by molar-refractivity contribution is 7.12. The summed E-state index contributed by atoms with van der Waals surface area (Å²) in [4.78, 5) is 22.8. The predicted molar refractivity (Wildman–Crippen MR) is 76.2 cm³/mol. The first-order valence-electron chi connectivity index (χ1n) is 6.10. The quantitative estimate of drug-likeness (QED) is 0.886. The minimum atomic E-state index is -0.972. The van der Waals surface area contributed by atoms with E-state index in [-0.39, 0.29) is 23.2 Å². The Labute approximate surface area is 120 Å². The highest BCUT2D eigenvalue weighted by Crippen LogP contribution is 2.16. The summed E-state index contributed by atoms with van der Waals surface area (Å²) in [5, 5.41) is 17.4. The Balaban J connectivity index is 1.95. The average Bonchev–Trinajstić information content (AvgIpc) is 2.98. The number of rotatable bonds is 5. The lowest BCUT2D eigenvalue weighted by molar-refractivity contribution is -0.115. The maximum atomic E-state index is 11.8. The highest BCUT2D eigenvalue weighted by atomic mass is 32.1. The molecule has 2 rings (SSSR count). The molecule has 0 radical (unpaired) electrons. The number of nitrogens with zero attached hydrogens (tertiary/aromatic N) is 2. The van der Waals surface area contributed by atoms with Crippen LogP contribution in [0.1, 0.15) is 35.1 Å². The third-order valence-electron chi connectivity index (χ3n) is 2.64. The largest absolute Gasteiger partial charge is 0.477 e. The van der Waals surface area contributed by atoms with Crippen molar-refractivity contribution in [2.45, 2.75) is 26.3 Å². The first-order chi connectivity index (χ1) is 9.45. The Morgan fingerprint density at radius 3 is 2.80 bits per heavy atom. The Hall–Kier alpha value is -2.15. The highest BCUT2D eigenvalue weighted by Gasteiger charge is 2.11. The second kappa shape index (κ2) is 5.87. The van der Waals surface area contributed by atoms with Gasteiger partial charge >= 0.3 is 5.97 Å². The van der Waals surface area contributed by atoms with E-state index >= 15 is 0 Å². The Bertz CT molecular complexity index is 630. The number of thiophene rings is 1. The molecule has 0 spiro atoms. The summed E-state index contributed by atoms with van der Waals surface area (Å²) in [6, 6.07) is 1.75. The van der Waals surface area contributed by atoms with Gasteiger partial charge in [-0.2, -0.15) is 5.10 Å². The zero-order valence-corrected chi connectivity index (χ0v) is 12.0. The van der Waals surface area contributed by atoms with Gasteiger partial charge in [0.1, 0.15) is 4.88 Å². The molecule has 1 amide bonds. The number of carbonyl (C=O) groups excluding carboxylic acids is 1. The van der Waals surface area contributed by atoms with Crippen LogP contribution in [0.5, 0.6) is 0 Å². The van der Waals surface area contributed by atoms with Gasteiger partial charge in [0.05, 0.1) is 18.3 Å². The minimum Gasteiger partial charge on any atom is -0.477 e. The van der Waals surface area contributed by atoms with Gasteiger partial charge in [0.15, 0.2) is 0 Å². The summed E-state index contributed by atoms with van der Waals surface area (Å²) in [5.74, 6) is -1.16. The molecule has 0 aliphatic carbocycles. The fourth-order valence-corrected chi connectivity index (χ4v) is 2.41. The fraction of sp³-hybridized carbons (Fsp3) is 0.308. The number of nitrogens with one attached hydrogen (secondary N) is 1. The van der Waals surface area contributed by atoms with E-state index in [1.165, 1.54) is 6.07 Å². The van der Waals surface area contributed by atoms with E-state index in [9.17, 15) is 9.59 Å². The number of hydrogen-bond donors (Lipinski definition) is 2. The Morgan fingerprint density at radius 2 is 2.25 bits per heavy atom. The lowest BCUT2D eigenvalue weighted by Crippen LogP contribution is -2.13. The van der Waals surface area contributed by atoms with Crippen LogP contribution in [-0.2, 0) is 11.2 Å². The molecule has 0 aromatic carbocycles. The van der Waals surface area contributed by atoms with Crippen molar-refractivity contribution in [1.82, 2.24) is 9.78 Å². The zero-order chi connectivity index (χ0) is 14.7. The number of amides is 1. The molecule has 7 heteroatoms. The van der Waals surface area contributed by atoms with Gasteiger partial charge < -0.3 is 10.4 Å². The Morgan fingerprint density at radius 1 is 1.50 bits per heavy atom. The van der Waals surface area contributed by atoms with Crippen LogP contribution in [0, 0.1) is 0 Å². The van der Waals surface area contributed by atoms with Gasteiger partial charge in [-0.15, -0.1) is 11.3 Å². The molecule has 0 aliphatic rings. The first-order valence-corrected chi connectivity index (χ1v) is 6.98. The molecule has 0 saturated heterocycles. The van der Waals surface area contributed by atoms with Crippen molar-refractivity contribution in [3.63, 3.8) is 0 Å². The summed E-state index contributed by atoms with van der Waals surface area (Å²) < 4.78 is 1.75. The number of aromatic nitrogens is 2. The number of anilines is 1.